The molecule has 1 N–H and O–H groups in total. The van der Waals surface area contributed by atoms with E-state index in [4.69, 9.17) is 0 Å². The van der Waals surface area contributed by atoms with Crippen molar-refractivity contribution in [1.82, 2.24) is 0 Å². The summed E-state index contributed by atoms with van der Waals surface area (Å²) in [5, 5.41) is 14.8. The molecule has 1 aliphatic heterocycles. The van der Waals surface area contributed by atoms with Gasteiger partial charge in [0.05, 0.1) is 5.75 Å². The Labute approximate surface area is 131 Å². The molecule has 2 aromatic rings. The maximum Gasteiger partial charge on any atom is 0.251 e. The lowest BCUT2D eigenvalue weighted by molar-refractivity contribution is -0.645. The molecule has 112 valence electrons. The summed E-state index contributed by atoms with van der Waals surface area (Å²) in [5.74, 6) is 0.178. The number of rotatable bonds is 4. The Morgan fingerprint density at radius 2 is 2.14 bits per heavy atom. The molecule has 1 amide bonds. The molecule has 0 fully saturated rings. The topological polar surface area (TPSA) is 73.1 Å². The Bertz CT molecular complexity index is 746. The van der Waals surface area contributed by atoms with Crippen molar-refractivity contribution in [2.24, 2.45) is 0 Å². The minimum absolute atomic E-state index is 0.00575. The van der Waals surface area contributed by atoms with Crippen LogP contribution in [0.4, 0.5) is 5.69 Å². The molecule has 1 aromatic heterocycles. The lowest BCUT2D eigenvalue weighted by Gasteiger charge is -2.17. The van der Waals surface area contributed by atoms with E-state index in [1.807, 2.05) is 6.07 Å². The Hall–Kier alpha value is -2.34. The van der Waals surface area contributed by atoms with E-state index >= 15 is 0 Å². The third kappa shape index (κ3) is 3.12. The highest BCUT2D eigenvalue weighted by Gasteiger charge is 2.17. The van der Waals surface area contributed by atoms with Crippen LogP contribution in [0.25, 0.3) is 0 Å². The Morgan fingerprint density at radius 3 is 2.95 bits per heavy atom. The largest absolute Gasteiger partial charge is 0.618 e. The molecule has 22 heavy (non-hydrogen) atoms. The van der Waals surface area contributed by atoms with Crippen LogP contribution in [-0.4, -0.2) is 17.4 Å². The van der Waals surface area contributed by atoms with Gasteiger partial charge in [0.25, 0.3) is 5.03 Å². The van der Waals surface area contributed by atoms with Gasteiger partial charge in [-0.15, -0.1) is 0 Å². The highest BCUT2D eigenvalue weighted by Crippen LogP contribution is 2.24. The quantitative estimate of drug-likeness (QED) is 0.406. The Balaban J connectivity index is 1.70. The number of fused-ring (bicyclic) bond motifs is 1. The fraction of sp³-hybridized carbons (Fsp3) is 0.188. The van der Waals surface area contributed by atoms with Crippen molar-refractivity contribution in [3.63, 3.8) is 0 Å². The van der Waals surface area contributed by atoms with Crippen LogP contribution in [0.5, 0.6) is 0 Å². The number of benzene rings is 1. The predicted molar refractivity (Wildman–Crippen MR) is 83.8 cm³/mol. The molecule has 0 bridgehead atoms. The van der Waals surface area contributed by atoms with Crippen molar-refractivity contribution in [1.29, 1.82) is 0 Å². The average molecular weight is 314 g/mol. The number of anilines is 1. The van der Waals surface area contributed by atoms with Crippen molar-refractivity contribution >= 4 is 29.1 Å². The third-order valence-corrected chi connectivity index (χ3v) is 4.48. The number of hydrogen-bond acceptors (Lipinski definition) is 4. The lowest BCUT2D eigenvalue weighted by atomic mass is 9.99. The molecule has 0 atom stereocenters. The van der Waals surface area contributed by atoms with Gasteiger partial charge >= 0.3 is 0 Å². The molecule has 0 aliphatic carbocycles. The number of aromatic nitrogens is 1. The second kappa shape index (κ2) is 6.19. The van der Waals surface area contributed by atoms with E-state index in [1.165, 1.54) is 18.0 Å². The minimum atomic E-state index is -0.0337. The SMILES string of the molecule is O=C1CCc2cc(C(=O)CSc3cccc[n+]3[O-])ccc2N1. The maximum atomic E-state index is 12.3. The van der Waals surface area contributed by atoms with E-state index in [9.17, 15) is 14.8 Å². The maximum absolute atomic E-state index is 12.3. The predicted octanol–water partition coefficient (Wildman–Crippen LogP) is 2.18. The molecule has 6 heteroatoms. The minimum Gasteiger partial charge on any atom is -0.618 e. The number of nitrogens with zero attached hydrogens (tertiary/aromatic N) is 1. The number of amides is 1. The van der Waals surface area contributed by atoms with Crippen molar-refractivity contribution in [2.45, 2.75) is 17.9 Å². The average Bonchev–Trinajstić information content (AvgIpc) is 2.53. The van der Waals surface area contributed by atoms with Gasteiger partial charge in [-0.05, 0) is 48.0 Å². The molecule has 1 aromatic carbocycles. The zero-order valence-electron chi connectivity index (χ0n) is 11.7. The molecular weight excluding hydrogens is 300 g/mol. The Kier molecular flexibility index (Phi) is 4.11. The number of Topliss-reactive ketones (excluding diaryl/α,β-unsaturated/α-hetero) is 1. The van der Waals surface area contributed by atoms with Gasteiger partial charge in [-0.3, -0.25) is 9.59 Å². The number of ketones is 1. The van der Waals surface area contributed by atoms with E-state index in [1.54, 1.807) is 30.3 Å². The van der Waals surface area contributed by atoms with Crippen LogP contribution in [-0.2, 0) is 11.2 Å². The standard InChI is InChI=1S/C16H14N2O3S/c19-14(10-22-16-3-1-2-8-18(16)21)12-4-6-13-11(9-12)5-7-15(20)17-13/h1-4,6,8-9H,5,7,10H2,(H,17,20). The van der Waals surface area contributed by atoms with Gasteiger partial charge in [-0.1, -0.05) is 0 Å². The smallest absolute Gasteiger partial charge is 0.251 e. The third-order valence-electron chi connectivity index (χ3n) is 3.46. The van der Waals surface area contributed by atoms with Gasteiger partial charge < -0.3 is 10.5 Å². The number of nitrogens with one attached hydrogen (secondary N) is 1. The van der Waals surface area contributed by atoms with Crippen molar-refractivity contribution < 1.29 is 14.3 Å². The van der Waals surface area contributed by atoms with E-state index in [-0.39, 0.29) is 17.4 Å². The van der Waals surface area contributed by atoms with Crippen LogP contribution in [0.15, 0.2) is 47.6 Å². The summed E-state index contributed by atoms with van der Waals surface area (Å²) in [7, 11) is 0. The molecule has 0 saturated carbocycles. The number of thioether (sulfide) groups is 1. The normalized spacial score (nSPS) is 13.4. The van der Waals surface area contributed by atoms with E-state index in [0.29, 0.717) is 23.4 Å². The van der Waals surface area contributed by atoms with Crippen molar-refractivity contribution in [3.05, 3.63) is 58.9 Å². The summed E-state index contributed by atoms with van der Waals surface area (Å²) in [6.45, 7) is 0. The van der Waals surface area contributed by atoms with Crippen molar-refractivity contribution in [2.75, 3.05) is 11.1 Å². The van der Waals surface area contributed by atoms with Gasteiger partial charge in [0.2, 0.25) is 5.91 Å². The van der Waals surface area contributed by atoms with Gasteiger partial charge in [0.15, 0.2) is 12.0 Å². The second-order valence-electron chi connectivity index (χ2n) is 5.00. The zero-order chi connectivity index (χ0) is 15.5. The first-order valence-corrected chi connectivity index (χ1v) is 7.89. The summed E-state index contributed by atoms with van der Waals surface area (Å²) in [6.07, 6.45) is 2.50. The van der Waals surface area contributed by atoms with Crippen LogP contribution in [0.1, 0.15) is 22.3 Å². The van der Waals surface area contributed by atoms with E-state index in [0.717, 1.165) is 16.0 Å². The monoisotopic (exact) mass is 314 g/mol. The van der Waals surface area contributed by atoms with Gasteiger partial charge in [-0.2, -0.15) is 4.73 Å². The van der Waals surface area contributed by atoms with Crippen molar-refractivity contribution in [3.8, 4) is 0 Å². The highest BCUT2D eigenvalue weighted by atomic mass is 32.2. The number of hydrogen-bond donors (Lipinski definition) is 1. The summed E-state index contributed by atoms with van der Waals surface area (Å²) >= 11 is 1.22. The summed E-state index contributed by atoms with van der Waals surface area (Å²) in [4.78, 5) is 23.6. The molecule has 0 radical (unpaired) electrons. The lowest BCUT2D eigenvalue weighted by Crippen LogP contribution is -2.28. The summed E-state index contributed by atoms with van der Waals surface area (Å²) in [6, 6.07) is 10.4. The number of carbonyl (C=O) groups excluding carboxylic acids is 2. The van der Waals surface area contributed by atoms with Crippen LogP contribution >= 0.6 is 11.8 Å². The Morgan fingerprint density at radius 1 is 1.27 bits per heavy atom. The molecule has 0 unspecified atom stereocenters. The van der Waals surface area contributed by atoms with Gasteiger partial charge in [-0.25, -0.2) is 0 Å². The molecule has 0 saturated heterocycles. The summed E-state index contributed by atoms with van der Waals surface area (Å²) < 4.78 is 0.750. The number of aryl methyl sites for hydroxylation is 1. The van der Waals surface area contributed by atoms with Crippen LogP contribution < -0.4 is 10.0 Å². The molecule has 1 aliphatic rings. The van der Waals surface area contributed by atoms with Crippen LogP contribution in [0.3, 0.4) is 0 Å². The fourth-order valence-corrected chi connectivity index (χ4v) is 3.11. The molecular formula is C16H14N2O3S. The fourth-order valence-electron chi connectivity index (χ4n) is 2.30. The second-order valence-corrected chi connectivity index (χ2v) is 5.99. The first-order valence-electron chi connectivity index (χ1n) is 6.90. The highest BCUT2D eigenvalue weighted by molar-refractivity contribution is 7.99. The number of pyridine rings is 1. The van der Waals surface area contributed by atoms with Gasteiger partial charge in [0, 0.05) is 29.8 Å². The zero-order valence-corrected chi connectivity index (χ0v) is 12.6. The van der Waals surface area contributed by atoms with Crippen LogP contribution in [0.2, 0.25) is 0 Å². The molecule has 2 heterocycles. The molecule has 0 spiro atoms. The van der Waals surface area contributed by atoms with E-state index in [2.05, 4.69) is 5.32 Å². The first-order chi connectivity index (χ1) is 10.6. The summed E-state index contributed by atoms with van der Waals surface area (Å²) in [5.41, 5.74) is 2.37. The first kappa shape index (κ1) is 14.6. The molecule has 5 nitrogen and oxygen atoms in total. The molecule has 3 rings (SSSR count). The van der Waals surface area contributed by atoms with E-state index < -0.39 is 0 Å². The van der Waals surface area contributed by atoms with Crippen LogP contribution in [0, 0.1) is 5.21 Å². The van der Waals surface area contributed by atoms with Gasteiger partial charge in [0.1, 0.15) is 0 Å². The number of carbonyl (C=O) groups is 2.